The monoisotopic (exact) mass is 458 g/mol. The molecule has 2 heterocycles. The summed E-state index contributed by atoms with van der Waals surface area (Å²) in [5.74, 6) is -0.627. The van der Waals surface area contributed by atoms with Crippen LogP contribution in [0.2, 0.25) is 0 Å². The Labute approximate surface area is 197 Å². The van der Waals surface area contributed by atoms with Gasteiger partial charge in [0.05, 0.1) is 23.4 Å². The third-order valence-electron chi connectivity index (χ3n) is 8.04. The smallest absolute Gasteiger partial charge is 0.316 e. The van der Waals surface area contributed by atoms with E-state index < -0.39 is 11.9 Å². The summed E-state index contributed by atoms with van der Waals surface area (Å²) in [6.45, 7) is 2.26. The zero-order valence-electron chi connectivity index (χ0n) is 19.0. The molecule has 2 aromatic rings. The highest BCUT2D eigenvalue weighted by atomic mass is 16.5. The number of imide groups is 1. The average Bonchev–Trinajstić information content (AvgIpc) is 3.59. The van der Waals surface area contributed by atoms with Gasteiger partial charge in [-0.25, -0.2) is 0 Å². The lowest BCUT2D eigenvalue weighted by molar-refractivity contribution is -0.139. The lowest BCUT2D eigenvalue weighted by atomic mass is 9.81. The summed E-state index contributed by atoms with van der Waals surface area (Å²) >= 11 is 0. The molecule has 0 unspecified atom stereocenters. The van der Waals surface area contributed by atoms with Crippen LogP contribution in [-0.4, -0.2) is 30.2 Å². The minimum atomic E-state index is -0.551. The van der Waals surface area contributed by atoms with E-state index in [0.29, 0.717) is 23.3 Å². The number of benzene rings is 2. The third-order valence-corrected chi connectivity index (χ3v) is 8.04. The zero-order chi connectivity index (χ0) is 23.6. The molecule has 2 aromatic carbocycles. The molecule has 2 aliphatic heterocycles. The van der Waals surface area contributed by atoms with Crippen molar-refractivity contribution in [2.24, 2.45) is 29.6 Å². The molecule has 2 saturated carbocycles. The van der Waals surface area contributed by atoms with E-state index >= 15 is 0 Å². The van der Waals surface area contributed by atoms with Crippen molar-refractivity contribution in [2.75, 3.05) is 16.3 Å². The van der Waals surface area contributed by atoms with Gasteiger partial charge in [0, 0.05) is 18.7 Å². The standard InChI is InChI=1S/C27H26N2O5/c1-15-2-6-19(7-3-15)28-14-18(13-22(28)30)27(33)34-21-10-8-20(9-11-21)29-25(31)23-16-4-5-17(12-16)24(23)26(29)32/h2-3,6-11,16-18,23-24H,4-5,12-14H2,1H3/t16-,17-,18+,23-,24+/m0/s1. The number of ether oxygens (including phenoxy) is 1. The molecular formula is C27H26N2O5. The number of anilines is 2. The molecule has 34 heavy (non-hydrogen) atoms. The quantitative estimate of drug-likeness (QED) is 0.398. The Kier molecular flexibility index (Phi) is 4.83. The van der Waals surface area contributed by atoms with Gasteiger partial charge in [0.15, 0.2) is 0 Å². The van der Waals surface area contributed by atoms with Crippen molar-refractivity contribution in [3.05, 3.63) is 54.1 Å². The summed E-state index contributed by atoms with van der Waals surface area (Å²) in [6, 6.07) is 14.1. The van der Waals surface area contributed by atoms with E-state index in [1.54, 1.807) is 29.2 Å². The van der Waals surface area contributed by atoms with Gasteiger partial charge in [0.25, 0.3) is 0 Å². The van der Waals surface area contributed by atoms with E-state index in [0.717, 1.165) is 30.5 Å². The molecule has 6 rings (SSSR count). The normalized spacial score (nSPS) is 29.8. The van der Waals surface area contributed by atoms with Crippen molar-refractivity contribution in [3.63, 3.8) is 0 Å². The van der Waals surface area contributed by atoms with Gasteiger partial charge in [-0.15, -0.1) is 0 Å². The molecule has 4 aliphatic rings. The van der Waals surface area contributed by atoms with E-state index in [1.165, 1.54) is 4.90 Å². The van der Waals surface area contributed by atoms with Crippen LogP contribution in [0, 0.1) is 36.5 Å². The molecule has 3 amide bonds. The van der Waals surface area contributed by atoms with E-state index in [2.05, 4.69) is 0 Å². The molecule has 5 atom stereocenters. The fraction of sp³-hybridized carbons (Fsp3) is 0.407. The number of hydrogen-bond acceptors (Lipinski definition) is 5. The molecule has 2 bridgehead atoms. The minimum absolute atomic E-state index is 0.0902. The van der Waals surface area contributed by atoms with Crippen molar-refractivity contribution >= 4 is 35.1 Å². The predicted octanol–water partition coefficient (Wildman–Crippen LogP) is 3.49. The molecular weight excluding hydrogens is 432 g/mol. The average molecular weight is 459 g/mol. The number of esters is 1. The maximum atomic E-state index is 13.0. The van der Waals surface area contributed by atoms with E-state index in [-0.39, 0.29) is 42.5 Å². The highest BCUT2D eigenvalue weighted by Crippen LogP contribution is 2.56. The Morgan fingerprint density at radius 1 is 0.853 bits per heavy atom. The number of amides is 3. The predicted molar refractivity (Wildman–Crippen MR) is 124 cm³/mol. The van der Waals surface area contributed by atoms with E-state index in [4.69, 9.17) is 4.74 Å². The third kappa shape index (κ3) is 3.25. The number of aryl methyl sites for hydroxylation is 1. The first-order chi connectivity index (χ1) is 16.4. The molecule has 7 nitrogen and oxygen atoms in total. The van der Waals surface area contributed by atoms with Crippen LogP contribution in [0.25, 0.3) is 0 Å². The second kappa shape index (κ2) is 7.79. The maximum absolute atomic E-state index is 13.0. The number of carbonyl (C=O) groups excluding carboxylic acids is 4. The fourth-order valence-corrected chi connectivity index (χ4v) is 6.37. The summed E-state index contributed by atoms with van der Waals surface area (Å²) in [6.07, 6.45) is 3.18. The topological polar surface area (TPSA) is 84.0 Å². The molecule has 174 valence electrons. The van der Waals surface area contributed by atoms with Crippen molar-refractivity contribution in [1.82, 2.24) is 0 Å². The minimum Gasteiger partial charge on any atom is -0.426 e. The summed E-state index contributed by atoms with van der Waals surface area (Å²) in [7, 11) is 0. The molecule has 0 radical (unpaired) electrons. The van der Waals surface area contributed by atoms with Gasteiger partial charge in [-0.1, -0.05) is 17.7 Å². The Bertz CT molecular complexity index is 1160. The maximum Gasteiger partial charge on any atom is 0.316 e. The highest BCUT2D eigenvalue weighted by Gasteiger charge is 2.61. The number of hydrogen-bond donors (Lipinski definition) is 0. The lowest BCUT2D eigenvalue weighted by Gasteiger charge is -2.19. The summed E-state index contributed by atoms with van der Waals surface area (Å²) < 4.78 is 5.53. The van der Waals surface area contributed by atoms with E-state index in [1.807, 2.05) is 31.2 Å². The Balaban J connectivity index is 1.12. The van der Waals surface area contributed by atoms with Gasteiger partial charge < -0.3 is 9.64 Å². The van der Waals surface area contributed by atoms with Crippen molar-refractivity contribution in [1.29, 1.82) is 0 Å². The molecule has 2 aliphatic carbocycles. The fourth-order valence-electron chi connectivity index (χ4n) is 6.37. The number of nitrogens with zero attached hydrogens (tertiary/aromatic N) is 2. The van der Waals surface area contributed by atoms with Crippen molar-refractivity contribution in [2.45, 2.75) is 32.6 Å². The molecule has 4 fully saturated rings. The second-order valence-electron chi connectivity index (χ2n) is 10.1. The van der Waals surface area contributed by atoms with Crippen LogP contribution >= 0.6 is 0 Å². The first kappa shape index (κ1) is 21.1. The van der Waals surface area contributed by atoms with Crippen LogP contribution in [0.5, 0.6) is 5.75 Å². The van der Waals surface area contributed by atoms with Gasteiger partial charge in [-0.2, -0.15) is 0 Å². The van der Waals surface area contributed by atoms with Gasteiger partial charge in [-0.3, -0.25) is 24.1 Å². The van der Waals surface area contributed by atoms with Gasteiger partial charge >= 0.3 is 5.97 Å². The van der Waals surface area contributed by atoms with E-state index in [9.17, 15) is 19.2 Å². The first-order valence-corrected chi connectivity index (χ1v) is 12.0. The number of fused-ring (bicyclic) bond motifs is 5. The molecule has 0 N–H and O–H groups in total. The number of carbonyl (C=O) groups is 4. The van der Waals surface area contributed by atoms with Crippen LogP contribution in [0.15, 0.2) is 48.5 Å². The highest BCUT2D eigenvalue weighted by molar-refractivity contribution is 6.22. The first-order valence-electron chi connectivity index (χ1n) is 12.0. The van der Waals surface area contributed by atoms with Crippen LogP contribution in [0.4, 0.5) is 11.4 Å². The van der Waals surface area contributed by atoms with Gasteiger partial charge in [-0.05, 0) is 74.4 Å². The molecule has 2 saturated heterocycles. The van der Waals surface area contributed by atoms with Crippen molar-refractivity contribution < 1.29 is 23.9 Å². The lowest BCUT2D eigenvalue weighted by Crippen LogP contribution is -2.32. The zero-order valence-corrected chi connectivity index (χ0v) is 19.0. The van der Waals surface area contributed by atoms with Crippen LogP contribution in [0.3, 0.4) is 0 Å². The molecule has 0 aromatic heterocycles. The Hall–Kier alpha value is -3.48. The largest absolute Gasteiger partial charge is 0.426 e. The summed E-state index contributed by atoms with van der Waals surface area (Å²) in [5.41, 5.74) is 2.39. The van der Waals surface area contributed by atoms with Gasteiger partial charge in [0.1, 0.15) is 5.75 Å². The summed E-state index contributed by atoms with van der Waals surface area (Å²) in [4.78, 5) is 54.1. The molecule has 0 spiro atoms. The SMILES string of the molecule is Cc1ccc(N2C[C@H](C(=O)Oc3ccc(N4C(=O)[C@@H]5[C@H]6CC[C@@H](C6)[C@@H]5C4=O)cc3)CC2=O)cc1. The van der Waals surface area contributed by atoms with Gasteiger partial charge in [0.2, 0.25) is 17.7 Å². The van der Waals surface area contributed by atoms with Crippen LogP contribution in [-0.2, 0) is 19.2 Å². The second-order valence-corrected chi connectivity index (χ2v) is 10.1. The molecule has 7 heteroatoms. The van der Waals surface area contributed by atoms with Crippen LogP contribution in [0.1, 0.15) is 31.2 Å². The van der Waals surface area contributed by atoms with Crippen LogP contribution < -0.4 is 14.5 Å². The number of rotatable bonds is 4. The Morgan fingerprint density at radius 2 is 1.44 bits per heavy atom. The van der Waals surface area contributed by atoms with Crippen molar-refractivity contribution in [3.8, 4) is 5.75 Å². The summed E-state index contributed by atoms with van der Waals surface area (Å²) in [5, 5.41) is 0. The Morgan fingerprint density at radius 3 is 2.06 bits per heavy atom.